The lowest BCUT2D eigenvalue weighted by atomic mass is 9.88. The average molecular weight is 481 g/mol. The standard InChI is InChI=1S/C24H33ClN2O6/c1-14-7-6-8-20(32-5)24(30)13-19(33-23(29)26-24)15(2)10-21(28)27(3)17-11-16(9-14)12-18(31-4)22(17)25/h6-8,11-12,15,19-21,28,30H,9-10,13H2,1-5H3,(H,26,29)/b8-6+,14-7+/t15-,19-,20+,21?,24-/m0/s1. The van der Waals surface area contributed by atoms with Gasteiger partial charge in [-0.05, 0) is 43.4 Å². The van der Waals surface area contributed by atoms with E-state index in [2.05, 4.69) is 5.32 Å². The van der Waals surface area contributed by atoms with Crippen molar-refractivity contribution in [2.45, 2.75) is 57.3 Å². The molecule has 3 rings (SSSR count). The summed E-state index contributed by atoms with van der Waals surface area (Å²) in [7, 11) is 4.78. The number of nitrogens with zero attached hydrogens (tertiary/aromatic N) is 1. The van der Waals surface area contributed by atoms with E-state index in [4.69, 9.17) is 25.8 Å². The lowest BCUT2D eigenvalue weighted by Gasteiger charge is -2.42. The number of methoxy groups -OCH3 is 2. The van der Waals surface area contributed by atoms with Gasteiger partial charge < -0.3 is 29.3 Å². The summed E-state index contributed by atoms with van der Waals surface area (Å²) < 4.78 is 16.4. The fraction of sp³-hybridized carbons (Fsp3) is 0.542. The summed E-state index contributed by atoms with van der Waals surface area (Å²) in [5, 5.41) is 25.1. The van der Waals surface area contributed by atoms with Gasteiger partial charge in [0.2, 0.25) is 0 Å². The SMILES string of the molecule is COc1cc2cc(c1Cl)N(C)C(O)C[C@H](C)[C@@H]1C[C@@](O)(NC(=O)O1)[C@H](OC)/C=C/C=C(\C)C2. The number of nitrogens with one attached hydrogen (secondary N) is 1. The van der Waals surface area contributed by atoms with Crippen molar-refractivity contribution in [3.63, 3.8) is 0 Å². The number of alkyl carbamates (subject to hydrolysis) is 1. The van der Waals surface area contributed by atoms with E-state index in [1.165, 1.54) is 7.11 Å². The first kappa shape index (κ1) is 25.4. The molecule has 0 spiro atoms. The summed E-state index contributed by atoms with van der Waals surface area (Å²) in [5.74, 6) is 0.262. The molecule has 33 heavy (non-hydrogen) atoms. The van der Waals surface area contributed by atoms with Gasteiger partial charge in [0, 0.05) is 20.6 Å². The minimum atomic E-state index is -1.64. The van der Waals surface area contributed by atoms with Crippen LogP contribution in [0.25, 0.3) is 0 Å². The highest BCUT2D eigenvalue weighted by molar-refractivity contribution is 6.34. The average Bonchev–Trinajstić information content (AvgIpc) is 2.75. The van der Waals surface area contributed by atoms with Crippen LogP contribution in [0.5, 0.6) is 5.75 Å². The number of benzene rings is 1. The van der Waals surface area contributed by atoms with Crippen molar-refractivity contribution in [2.24, 2.45) is 5.92 Å². The van der Waals surface area contributed by atoms with Crippen LogP contribution in [0.15, 0.2) is 35.9 Å². The Hall–Kier alpha value is -2.26. The fourth-order valence-corrected chi connectivity index (χ4v) is 4.65. The Balaban J connectivity index is 2.06. The number of aliphatic hydroxyl groups excluding tert-OH is 1. The number of halogens is 1. The van der Waals surface area contributed by atoms with Crippen molar-refractivity contribution in [3.05, 3.63) is 46.5 Å². The van der Waals surface area contributed by atoms with E-state index in [-0.39, 0.29) is 18.8 Å². The summed E-state index contributed by atoms with van der Waals surface area (Å²) in [6.07, 6.45) is 3.38. The maximum atomic E-state index is 12.3. The van der Waals surface area contributed by atoms with Crippen LogP contribution < -0.4 is 15.0 Å². The number of fused-ring (bicyclic) bond motifs is 4. The molecule has 1 aromatic rings. The smallest absolute Gasteiger partial charge is 0.409 e. The largest absolute Gasteiger partial charge is 0.495 e. The van der Waals surface area contributed by atoms with E-state index in [0.29, 0.717) is 22.9 Å². The molecule has 5 atom stereocenters. The van der Waals surface area contributed by atoms with Crippen molar-refractivity contribution >= 4 is 23.4 Å². The molecule has 2 aliphatic rings. The van der Waals surface area contributed by atoms with Crippen LogP contribution >= 0.6 is 11.6 Å². The van der Waals surface area contributed by atoms with E-state index in [1.54, 1.807) is 31.2 Å². The second-order valence-corrected chi connectivity index (χ2v) is 9.24. The van der Waals surface area contributed by atoms with Gasteiger partial charge in [0.05, 0.1) is 12.8 Å². The fourth-order valence-electron chi connectivity index (χ4n) is 4.33. The van der Waals surface area contributed by atoms with Gasteiger partial charge in [-0.15, -0.1) is 0 Å². The zero-order valence-corrected chi connectivity index (χ0v) is 20.4. The third kappa shape index (κ3) is 5.63. The second-order valence-electron chi connectivity index (χ2n) is 8.86. The molecule has 1 amide bonds. The van der Waals surface area contributed by atoms with Crippen LogP contribution in [0.4, 0.5) is 10.5 Å². The van der Waals surface area contributed by atoms with Crippen LogP contribution in [0, 0.1) is 5.92 Å². The highest BCUT2D eigenvalue weighted by atomic mass is 35.5. The molecule has 2 aliphatic heterocycles. The molecule has 0 aromatic heterocycles. The molecule has 3 N–H and O–H groups in total. The molecule has 0 aliphatic carbocycles. The summed E-state index contributed by atoms with van der Waals surface area (Å²) in [5.41, 5.74) is 1.01. The predicted molar refractivity (Wildman–Crippen MR) is 127 cm³/mol. The molecule has 182 valence electrons. The lowest BCUT2D eigenvalue weighted by Crippen LogP contribution is -2.63. The molecule has 1 unspecified atom stereocenters. The van der Waals surface area contributed by atoms with Gasteiger partial charge in [-0.2, -0.15) is 0 Å². The molecular formula is C24H33ClN2O6. The van der Waals surface area contributed by atoms with Crippen molar-refractivity contribution < 1.29 is 29.2 Å². The predicted octanol–water partition coefficient (Wildman–Crippen LogP) is 3.39. The second kappa shape index (κ2) is 10.3. The first-order valence-corrected chi connectivity index (χ1v) is 11.3. The number of carbonyl (C=O) groups excluding carboxylic acids is 1. The molecule has 1 aromatic carbocycles. The normalized spacial score (nSPS) is 33.4. The summed E-state index contributed by atoms with van der Waals surface area (Å²) in [6.45, 7) is 3.85. The van der Waals surface area contributed by atoms with Gasteiger partial charge in [-0.3, -0.25) is 5.32 Å². The quantitative estimate of drug-likeness (QED) is 0.596. The Morgan fingerprint density at radius 1 is 1.33 bits per heavy atom. The van der Waals surface area contributed by atoms with E-state index >= 15 is 0 Å². The highest BCUT2D eigenvalue weighted by Crippen LogP contribution is 2.38. The number of hydrogen-bond acceptors (Lipinski definition) is 7. The highest BCUT2D eigenvalue weighted by Gasteiger charge is 2.46. The van der Waals surface area contributed by atoms with E-state index in [0.717, 1.165) is 11.1 Å². The monoisotopic (exact) mass is 480 g/mol. The Bertz CT molecular complexity index is 936. The maximum absolute atomic E-state index is 12.3. The first-order valence-electron chi connectivity index (χ1n) is 10.9. The van der Waals surface area contributed by atoms with Crippen LogP contribution in [0.3, 0.4) is 0 Å². The van der Waals surface area contributed by atoms with Crippen molar-refractivity contribution in [1.82, 2.24) is 5.32 Å². The number of aliphatic hydroxyl groups is 2. The first-order chi connectivity index (χ1) is 15.6. The molecule has 8 nitrogen and oxygen atoms in total. The maximum Gasteiger partial charge on any atom is 0.409 e. The summed E-state index contributed by atoms with van der Waals surface area (Å²) in [6, 6.07) is 3.82. The zero-order valence-electron chi connectivity index (χ0n) is 19.7. The molecule has 1 fully saturated rings. The zero-order chi connectivity index (χ0) is 24.3. The number of anilines is 1. The number of rotatable bonds is 2. The molecular weight excluding hydrogens is 448 g/mol. The molecule has 2 heterocycles. The van der Waals surface area contributed by atoms with Crippen molar-refractivity contribution in [1.29, 1.82) is 0 Å². The van der Waals surface area contributed by atoms with Gasteiger partial charge in [0.15, 0.2) is 5.72 Å². The van der Waals surface area contributed by atoms with Crippen LogP contribution in [0.1, 0.15) is 32.3 Å². The Labute approximate surface area is 199 Å². The molecule has 1 saturated heterocycles. The lowest BCUT2D eigenvalue weighted by molar-refractivity contribution is -0.143. The van der Waals surface area contributed by atoms with Gasteiger partial charge in [0.1, 0.15) is 29.2 Å². The third-order valence-corrected chi connectivity index (χ3v) is 6.69. The summed E-state index contributed by atoms with van der Waals surface area (Å²) in [4.78, 5) is 14.0. The Kier molecular flexibility index (Phi) is 7.95. The van der Waals surface area contributed by atoms with E-state index in [1.807, 2.05) is 32.1 Å². The summed E-state index contributed by atoms with van der Waals surface area (Å²) >= 11 is 6.57. The molecule has 9 heteroatoms. The van der Waals surface area contributed by atoms with Gasteiger partial charge in [-0.25, -0.2) is 4.79 Å². The minimum absolute atomic E-state index is 0.103. The van der Waals surface area contributed by atoms with Gasteiger partial charge >= 0.3 is 6.09 Å². The van der Waals surface area contributed by atoms with E-state index < -0.39 is 30.3 Å². The number of allylic oxidation sites excluding steroid dienone is 3. The molecule has 4 bridgehead atoms. The number of carbonyl (C=O) groups is 1. The van der Waals surface area contributed by atoms with Gasteiger partial charge in [-0.1, -0.05) is 42.3 Å². The van der Waals surface area contributed by atoms with Crippen molar-refractivity contribution in [2.75, 3.05) is 26.2 Å². The minimum Gasteiger partial charge on any atom is -0.495 e. The van der Waals surface area contributed by atoms with Crippen molar-refractivity contribution in [3.8, 4) is 5.75 Å². The van der Waals surface area contributed by atoms with Gasteiger partial charge in [0.25, 0.3) is 0 Å². The van der Waals surface area contributed by atoms with Crippen LogP contribution in [0.2, 0.25) is 5.02 Å². The Morgan fingerprint density at radius 2 is 2.06 bits per heavy atom. The number of ether oxygens (including phenoxy) is 3. The topological polar surface area (TPSA) is 100 Å². The van der Waals surface area contributed by atoms with Crippen LogP contribution in [-0.2, 0) is 15.9 Å². The van der Waals surface area contributed by atoms with Crippen LogP contribution in [-0.4, -0.2) is 61.7 Å². The molecule has 0 saturated carbocycles. The third-order valence-electron chi connectivity index (χ3n) is 6.31. The van der Waals surface area contributed by atoms with E-state index in [9.17, 15) is 15.0 Å². The number of hydrogen-bond donors (Lipinski definition) is 3. The number of amides is 1. The Morgan fingerprint density at radius 3 is 2.73 bits per heavy atom. The molecule has 0 radical (unpaired) electrons.